The molecule has 0 saturated carbocycles. The molecule has 8 aliphatic heterocycles. The van der Waals surface area contributed by atoms with Gasteiger partial charge in [0, 0.05) is 102 Å². The number of cyclic esters (lactones) is 1. The van der Waals surface area contributed by atoms with E-state index in [9.17, 15) is 72.5 Å². The minimum Gasteiger partial charge on any atom is -0.480 e. The zero-order valence-corrected chi connectivity index (χ0v) is 80.7. The van der Waals surface area contributed by atoms with Gasteiger partial charge in [-0.25, -0.2) is 38.7 Å². The van der Waals surface area contributed by atoms with Crippen molar-refractivity contribution in [2.24, 2.45) is 27.9 Å². The number of hydroxylamine groups is 2. The SMILES string of the molecule is C.CC(C)(C)OC(=O)C(=O)C[C@@H](C(=O)O)N1Cc2cc3c(cc2C1=O)OC(c1ccccc1)(c1ccccc1)O3.Cc1nc(/C(=N/OC2(C(=O)OC(C)(C)C)CCOCC2)C(=O)C[C@@H](CO)C(N)=O)cs1.Cc1nc(/C(=N/OC2(C(=O)OC(C)(C)C)CCOCC2)C(=O)C[C@H]2CON(C3(C(=O)OC(C)(C)C)C[C@H](N4Cc5cc6c(cc5C4=O)OC(c4ccccc4)(c4ccccc4)O6)C(=O)O3)C2=O)cs1. The lowest BCUT2D eigenvalue weighted by molar-refractivity contribution is -0.263. The Kier molecular flexibility index (Phi) is 30.6. The second-order valence-electron chi connectivity index (χ2n) is 38.2. The molecular weight excluding hydrogens is 1850 g/mol. The number of aromatic nitrogens is 2. The highest BCUT2D eigenvalue weighted by molar-refractivity contribution is 7.10. The van der Waals surface area contributed by atoms with E-state index in [-0.39, 0.29) is 113 Å². The van der Waals surface area contributed by atoms with E-state index < -0.39 is 184 Å². The third-order valence-corrected chi connectivity index (χ3v) is 24.7. The first-order chi connectivity index (χ1) is 65.7. The lowest BCUT2D eigenvalue weighted by atomic mass is 9.94. The molecule has 4 saturated heterocycles. The van der Waals surface area contributed by atoms with Crippen molar-refractivity contribution in [2.45, 2.75) is 232 Å². The van der Waals surface area contributed by atoms with Crippen LogP contribution in [0.4, 0.5) is 0 Å². The number of aliphatic carboxylic acids is 1. The van der Waals surface area contributed by atoms with Gasteiger partial charge in [-0.15, -0.1) is 22.7 Å². The number of carboxylic acids is 1. The summed E-state index contributed by atoms with van der Waals surface area (Å²) >= 11 is 2.55. The van der Waals surface area contributed by atoms with Gasteiger partial charge in [0.25, 0.3) is 17.7 Å². The van der Waals surface area contributed by atoms with Crippen molar-refractivity contribution in [1.82, 2.24) is 24.8 Å². The van der Waals surface area contributed by atoms with Crippen LogP contribution in [0.5, 0.6) is 23.0 Å². The Hall–Kier alpha value is -13.7. The first-order valence-electron chi connectivity index (χ1n) is 45.0. The van der Waals surface area contributed by atoms with Crippen molar-refractivity contribution in [2.75, 3.05) is 39.6 Å². The van der Waals surface area contributed by atoms with Crippen LogP contribution in [-0.2, 0) is 125 Å². The molecule has 140 heavy (non-hydrogen) atoms. The number of nitrogens with two attached hydrogens (primary N) is 1. The second-order valence-corrected chi connectivity index (χ2v) is 40.4. The van der Waals surface area contributed by atoms with Crippen molar-refractivity contribution in [3.05, 3.63) is 222 Å². The van der Waals surface area contributed by atoms with Gasteiger partial charge in [-0.1, -0.05) is 139 Å². The van der Waals surface area contributed by atoms with Crippen molar-refractivity contribution >= 4 is 111 Å². The van der Waals surface area contributed by atoms with Crippen LogP contribution in [0.2, 0.25) is 0 Å². The number of nitrogens with zero attached hydrogens (tertiary/aromatic N) is 7. The molecule has 10 heterocycles. The highest BCUT2D eigenvalue weighted by Gasteiger charge is 2.66. The number of carbonyl (C=O) groups is 13. The number of oxime groups is 2. The number of ether oxygens (including phenoxy) is 11. The Morgan fingerprint density at radius 3 is 1.31 bits per heavy atom. The minimum absolute atomic E-state index is 0. The monoisotopic (exact) mass is 1960 g/mol. The van der Waals surface area contributed by atoms with E-state index in [1.54, 1.807) is 126 Å². The molecule has 0 radical (unpaired) electrons. The van der Waals surface area contributed by atoms with Crippen molar-refractivity contribution in [1.29, 1.82) is 0 Å². The van der Waals surface area contributed by atoms with Crippen molar-refractivity contribution in [3.8, 4) is 23.0 Å². The molecule has 39 heteroatoms. The number of carboxylic acid groups (broad SMARTS) is 1. The highest BCUT2D eigenvalue weighted by atomic mass is 32.1. The summed E-state index contributed by atoms with van der Waals surface area (Å²) in [6.45, 7) is 23.2. The van der Waals surface area contributed by atoms with Crippen LogP contribution in [-0.4, -0.2) is 214 Å². The van der Waals surface area contributed by atoms with E-state index in [1.165, 1.54) is 33.6 Å². The number of ketones is 3. The Morgan fingerprint density at radius 1 is 0.521 bits per heavy atom. The van der Waals surface area contributed by atoms with Gasteiger partial charge in [0.05, 0.1) is 67.9 Å². The fourth-order valence-electron chi connectivity index (χ4n) is 16.4. The van der Waals surface area contributed by atoms with Gasteiger partial charge in [0.15, 0.2) is 46.0 Å². The summed E-state index contributed by atoms with van der Waals surface area (Å²) in [7, 11) is 0. The van der Waals surface area contributed by atoms with E-state index in [0.29, 0.717) is 49.2 Å². The molecule has 2 aromatic heterocycles. The summed E-state index contributed by atoms with van der Waals surface area (Å²) in [6.07, 6.45) is -1.54. The smallest absolute Gasteiger partial charge is 0.375 e. The van der Waals surface area contributed by atoms with Gasteiger partial charge >= 0.3 is 53.1 Å². The van der Waals surface area contributed by atoms with E-state index in [0.717, 1.165) is 27.2 Å². The number of Topliss-reactive ketones (excluding diaryl/α,β-unsaturated/α-hetero) is 3. The molecule has 4 N–H and O–H groups in total. The van der Waals surface area contributed by atoms with Crippen LogP contribution >= 0.6 is 22.7 Å². The summed E-state index contributed by atoms with van der Waals surface area (Å²) in [5.41, 5.74) is 0.641. The molecule has 8 aromatic rings. The van der Waals surface area contributed by atoms with E-state index in [2.05, 4.69) is 20.3 Å². The Labute approximate surface area is 815 Å². The zero-order chi connectivity index (χ0) is 100. The molecular formula is C101H112N8O29S2. The van der Waals surface area contributed by atoms with Crippen LogP contribution < -0.4 is 24.7 Å². The number of aryl methyl sites for hydroxylation is 2. The number of carbonyl (C=O) groups excluding carboxylic acids is 12. The molecule has 4 fully saturated rings. The molecule has 8 aliphatic rings. The fourth-order valence-corrected chi connectivity index (χ4v) is 17.6. The largest absolute Gasteiger partial charge is 0.480 e. The van der Waals surface area contributed by atoms with Crippen LogP contribution in [0.1, 0.15) is 217 Å². The molecule has 6 aromatic carbocycles. The quantitative estimate of drug-likeness (QED) is 0.0135. The van der Waals surface area contributed by atoms with E-state index >= 15 is 0 Å². The topological polar surface area (TPSA) is 478 Å². The molecule has 5 atom stereocenters. The number of hydrogen-bond donors (Lipinski definition) is 3. The Balaban J connectivity index is 0.000000196. The number of aliphatic hydroxyl groups excluding tert-OH is 1. The number of amides is 4. The highest BCUT2D eigenvalue weighted by Crippen LogP contribution is 2.53. The zero-order valence-electron chi connectivity index (χ0n) is 79.1. The molecule has 0 aliphatic carbocycles. The molecule has 0 bridgehead atoms. The maximum atomic E-state index is 14.5. The number of primary amides is 1. The van der Waals surface area contributed by atoms with Crippen LogP contribution in [0.15, 0.2) is 167 Å². The Morgan fingerprint density at radius 2 is 0.921 bits per heavy atom. The van der Waals surface area contributed by atoms with Gasteiger partial charge in [0.2, 0.25) is 22.9 Å². The standard InChI is InChI=1S/C50H52N4O14S.C30H27NO8.C20H29N3O7S.CH4/c1-29-51-35(28-69-29)40(52-68-48(18-20-61-21-19-48)44(59)66-46(2,3)4)37(55)22-31-27-62-54(41(31)56)49(45(60)67-47(5,6)7)25-36(43(58)65-49)53-26-30-23-38-39(24-34(30)42(53)57)64-50(63-38,32-14-10-8-11-15-32)33-16-12-9-13-17-33;1-29(2,3)39-28(36)23(32)16-22(27(34)35)31-17-18-14-24-25(15-21(18)26(31)33)38-30(37-24,19-10-6-4-7-11-19)20-12-8-5-9-13-20;1-12-22-14(11-31-12)16(15(25)9-13(10-24)17(21)26)23-30-20(5-7-28-8-6-20)18(27)29-19(2,3)4;/h8-17,23-24,28,31,36H,18-22,25-27H2,1-7H3;4-15,22H,16-17H2,1-3H3,(H,34,35);11,13,24H,5-10H2,1-4H3,(H2,21,26);1H4/b52-40-;;23-16-;/t31-,36-,49?;22-;13-;/m000./s1. The van der Waals surface area contributed by atoms with Crippen LogP contribution in [0, 0.1) is 25.7 Å². The molecule has 4 amide bonds. The third kappa shape index (κ3) is 22.6. The number of hydrogen-bond acceptors (Lipinski definition) is 34. The number of rotatable bonds is 28. The lowest BCUT2D eigenvalue weighted by Crippen LogP contribution is -2.57. The maximum absolute atomic E-state index is 14.5. The van der Waals surface area contributed by atoms with E-state index in [4.69, 9.17) is 72.4 Å². The summed E-state index contributed by atoms with van der Waals surface area (Å²) in [6, 6.07) is 41.2. The molecule has 742 valence electrons. The van der Waals surface area contributed by atoms with Gasteiger partial charge in [-0.3, -0.25) is 38.4 Å². The minimum atomic E-state index is -2.49. The van der Waals surface area contributed by atoms with Gasteiger partial charge in [-0.05, 0) is 132 Å². The molecule has 16 rings (SSSR count). The average molecular weight is 1970 g/mol. The fraction of sp³-hybridized carbons (Fsp3) is 0.436. The summed E-state index contributed by atoms with van der Waals surface area (Å²) < 4.78 is 64.8. The summed E-state index contributed by atoms with van der Waals surface area (Å²) in [5.74, 6) is -14.5. The third-order valence-electron chi connectivity index (χ3n) is 23.2. The number of thiazole rings is 2. The first kappa shape index (κ1) is 104. The molecule has 0 spiro atoms. The summed E-state index contributed by atoms with van der Waals surface area (Å²) in [5, 5.41) is 32.6. The average Bonchev–Trinajstić information content (AvgIpc) is 1.56. The molecule has 1 unspecified atom stereocenters. The predicted octanol–water partition coefficient (Wildman–Crippen LogP) is 11.9. The van der Waals surface area contributed by atoms with Gasteiger partial charge in [-0.2, -0.15) is 5.06 Å². The van der Waals surface area contributed by atoms with Crippen molar-refractivity contribution in [3.63, 3.8) is 0 Å². The first-order valence-corrected chi connectivity index (χ1v) is 46.7. The lowest BCUT2D eigenvalue weighted by Gasteiger charge is -2.35. The number of esters is 5. The normalized spacial score (nSPS) is 19.6. The maximum Gasteiger partial charge on any atom is 0.375 e. The number of benzene rings is 6. The Bertz CT molecular complexity index is 6040. The van der Waals surface area contributed by atoms with Gasteiger partial charge < -0.3 is 87.5 Å². The van der Waals surface area contributed by atoms with Crippen LogP contribution in [0.25, 0.3) is 0 Å². The number of aliphatic hydroxyl groups is 1. The molecule has 37 nitrogen and oxygen atoms in total. The number of fused-ring (bicyclic) bond motifs is 4. The van der Waals surface area contributed by atoms with E-state index in [1.807, 2.05) is 121 Å². The predicted molar refractivity (Wildman–Crippen MR) is 501 cm³/mol. The van der Waals surface area contributed by atoms with Crippen LogP contribution in [0.3, 0.4) is 0 Å². The second kappa shape index (κ2) is 41.4. The van der Waals surface area contributed by atoms with Crippen molar-refractivity contribution < 1.29 is 139 Å². The summed E-state index contributed by atoms with van der Waals surface area (Å²) in [4.78, 5) is 201. The van der Waals surface area contributed by atoms with Gasteiger partial charge in [0.1, 0.15) is 45.9 Å².